The minimum Gasteiger partial charge on any atom is -0.368 e. The quantitative estimate of drug-likeness (QED) is 0.620. The highest BCUT2D eigenvalue weighted by Gasteiger charge is 2.19. The molecule has 3 aromatic rings. The molecule has 0 spiro atoms. The first-order valence-corrected chi connectivity index (χ1v) is 9.99. The second-order valence-corrected chi connectivity index (χ2v) is 7.65. The van der Waals surface area contributed by atoms with Crippen LogP contribution in [0.15, 0.2) is 67.0 Å². The van der Waals surface area contributed by atoms with Gasteiger partial charge in [0.05, 0.1) is 0 Å². The first-order valence-electron chi connectivity index (χ1n) is 9.17. The van der Waals surface area contributed by atoms with E-state index in [1.807, 2.05) is 41.3 Å². The topological polar surface area (TPSA) is 36.4 Å². The highest BCUT2D eigenvalue weighted by molar-refractivity contribution is 7.16. The Morgan fingerprint density at radius 3 is 2.50 bits per heavy atom. The standard InChI is InChI=1S/C22H20FN3OS/c23-20-4-2-1-3-19(20)21-7-5-18(28-21)6-8-22(27)26-15-13-25(14-16-26)17-9-11-24-12-10-17/h1-12H,13-16H2/b8-6+. The molecular weight excluding hydrogens is 373 g/mol. The van der Waals surface area contributed by atoms with E-state index in [0.717, 1.165) is 28.5 Å². The zero-order chi connectivity index (χ0) is 19.3. The van der Waals surface area contributed by atoms with E-state index in [4.69, 9.17) is 0 Å². The Bertz CT molecular complexity index is 978. The van der Waals surface area contributed by atoms with Crippen LogP contribution in [-0.4, -0.2) is 42.0 Å². The van der Waals surface area contributed by atoms with Crippen LogP contribution >= 0.6 is 11.3 Å². The van der Waals surface area contributed by atoms with Gasteiger partial charge in [-0.15, -0.1) is 11.3 Å². The molecule has 0 bridgehead atoms. The van der Waals surface area contributed by atoms with Crippen molar-refractivity contribution in [1.82, 2.24) is 9.88 Å². The first-order chi connectivity index (χ1) is 13.7. The average molecular weight is 393 g/mol. The molecule has 1 aliphatic heterocycles. The average Bonchev–Trinajstić information content (AvgIpc) is 3.22. The van der Waals surface area contributed by atoms with Gasteiger partial charge in [-0.1, -0.05) is 18.2 Å². The van der Waals surface area contributed by atoms with Crippen molar-refractivity contribution < 1.29 is 9.18 Å². The molecule has 142 valence electrons. The number of nitrogens with zero attached hydrogens (tertiary/aromatic N) is 3. The Hall–Kier alpha value is -2.99. The third-order valence-electron chi connectivity index (χ3n) is 4.78. The predicted octanol–water partition coefficient (Wildman–Crippen LogP) is 4.31. The van der Waals surface area contributed by atoms with Gasteiger partial charge in [-0.3, -0.25) is 9.78 Å². The molecule has 1 aromatic carbocycles. The predicted molar refractivity (Wildman–Crippen MR) is 112 cm³/mol. The number of pyridine rings is 1. The molecule has 0 radical (unpaired) electrons. The number of piperazine rings is 1. The van der Waals surface area contributed by atoms with Gasteiger partial charge < -0.3 is 9.80 Å². The van der Waals surface area contributed by atoms with Crippen LogP contribution in [0.5, 0.6) is 0 Å². The normalized spacial score (nSPS) is 14.6. The monoisotopic (exact) mass is 393 g/mol. The van der Waals surface area contributed by atoms with Gasteiger partial charge in [-0.05, 0) is 36.4 Å². The number of amides is 1. The third-order valence-corrected chi connectivity index (χ3v) is 5.86. The Labute approximate surface area is 167 Å². The molecule has 4 nitrogen and oxygen atoms in total. The van der Waals surface area contributed by atoms with Gasteiger partial charge in [0.15, 0.2) is 0 Å². The maximum absolute atomic E-state index is 13.9. The summed E-state index contributed by atoms with van der Waals surface area (Å²) in [6.07, 6.45) is 6.99. The first kappa shape index (κ1) is 18.4. The van der Waals surface area contributed by atoms with Gasteiger partial charge in [-0.2, -0.15) is 0 Å². The summed E-state index contributed by atoms with van der Waals surface area (Å²) in [6, 6.07) is 14.5. The van der Waals surface area contributed by atoms with Gasteiger partial charge in [0.1, 0.15) is 5.82 Å². The fraction of sp³-hybridized carbons (Fsp3) is 0.182. The van der Waals surface area contributed by atoms with Crippen LogP contribution in [0.2, 0.25) is 0 Å². The minimum atomic E-state index is -0.233. The van der Waals surface area contributed by atoms with E-state index in [9.17, 15) is 9.18 Å². The molecule has 2 aromatic heterocycles. The number of aromatic nitrogens is 1. The fourth-order valence-corrected chi connectivity index (χ4v) is 4.18. The summed E-state index contributed by atoms with van der Waals surface area (Å²) in [5.41, 5.74) is 1.72. The molecule has 0 aliphatic carbocycles. The molecule has 1 fully saturated rings. The van der Waals surface area contributed by atoms with Crippen LogP contribution < -0.4 is 4.90 Å². The lowest BCUT2D eigenvalue weighted by Gasteiger charge is -2.35. The van der Waals surface area contributed by atoms with Crippen LogP contribution in [-0.2, 0) is 4.79 Å². The lowest BCUT2D eigenvalue weighted by atomic mass is 10.2. The number of thiophene rings is 1. The van der Waals surface area contributed by atoms with E-state index in [0.29, 0.717) is 18.7 Å². The number of hydrogen-bond donors (Lipinski definition) is 0. The van der Waals surface area contributed by atoms with Gasteiger partial charge in [-0.25, -0.2) is 4.39 Å². The van der Waals surface area contributed by atoms with Crippen molar-refractivity contribution >= 4 is 29.0 Å². The SMILES string of the molecule is O=C(/C=C/c1ccc(-c2ccccc2F)s1)N1CCN(c2ccncc2)CC1. The van der Waals surface area contributed by atoms with E-state index >= 15 is 0 Å². The number of rotatable bonds is 4. The van der Waals surface area contributed by atoms with Crippen molar-refractivity contribution in [2.75, 3.05) is 31.1 Å². The third kappa shape index (κ3) is 4.12. The lowest BCUT2D eigenvalue weighted by molar-refractivity contribution is -0.126. The molecule has 1 amide bonds. The molecular formula is C22H20FN3OS. The Kier molecular flexibility index (Phi) is 5.48. The molecule has 0 atom stereocenters. The van der Waals surface area contributed by atoms with Crippen molar-refractivity contribution in [1.29, 1.82) is 0 Å². The van der Waals surface area contributed by atoms with Crippen LogP contribution in [0.25, 0.3) is 16.5 Å². The second-order valence-electron chi connectivity index (χ2n) is 6.53. The molecule has 6 heteroatoms. The number of halogens is 1. The highest BCUT2D eigenvalue weighted by Crippen LogP contribution is 2.30. The second kappa shape index (κ2) is 8.35. The van der Waals surface area contributed by atoms with E-state index in [-0.39, 0.29) is 11.7 Å². The molecule has 28 heavy (non-hydrogen) atoms. The van der Waals surface area contributed by atoms with E-state index in [1.165, 1.54) is 17.4 Å². The van der Waals surface area contributed by atoms with Crippen molar-refractivity contribution in [3.05, 3.63) is 77.7 Å². The fourth-order valence-electron chi connectivity index (χ4n) is 3.25. The number of hydrogen-bond acceptors (Lipinski definition) is 4. The Morgan fingerprint density at radius 1 is 1.00 bits per heavy atom. The summed E-state index contributed by atoms with van der Waals surface area (Å²) < 4.78 is 13.9. The highest BCUT2D eigenvalue weighted by atomic mass is 32.1. The van der Waals surface area contributed by atoms with E-state index in [2.05, 4.69) is 9.88 Å². The summed E-state index contributed by atoms with van der Waals surface area (Å²) in [5.74, 6) is -0.224. The minimum absolute atomic E-state index is 0.00946. The maximum Gasteiger partial charge on any atom is 0.246 e. The zero-order valence-electron chi connectivity index (χ0n) is 15.3. The van der Waals surface area contributed by atoms with Crippen LogP contribution in [0.1, 0.15) is 4.88 Å². The summed E-state index contributed by atoms with van der Waals surface area (Å²) in [7, 11) is 0. The molecule has 0 saturated carbocycles. The number of carbonyl (C=O) groups is 1. The van der Waals surface area contributed by atoms with Crippen molar-refractivity contribution in [2.24, 2.45) is 0 Å². The van der Waals surface area contributed by atoms with Crippen LogP contribution in [0.4, 0.5) is 10.1 Å². The maximum atomic E-state index is 13.9. The summed E-state index contributed by atoms with van der Waals surface area (Å²) in [4.78, 5) is 22.5. The molecule has 1 saturated heterocycles. The Morgan fingerprint density at radius 2 is 1.75 bits per heavy atom. The molecule has 0 N–H and O–H groups in total. The van der Waals surface area contributed by atoms with Gasteiger partial charge in [0, 0.05) is 65.7 Å². The van der Waals surface area contributed by atoms with Gasteiger partial charge in [0.2, 0.25) is 5.91 Å². The molecule has 3 heterocycles. The van der Waals surface area contributed by atoms with Crippen molar-refractivity contribution in [3.63, 3.8) is 0 Å². The van der Waals surface area contributed by atoms with Crippen LogP contribution in [0, 0.1) is 5.82 Å². The van der Waals surface area contributed by atoms with Crippen molar-refractivity contribution in [3.8, 4) is 10.4 Å². The molecule has 0 unspecified atom stereocenters. The van der Waals surface area contributed by atoms with E-state index < -0.39 is 0 Å². The van der Waals surface area contributed by atoms with Crippen molar-refractivity contribution in [2.45, 2.75) is 0 Å². The number of anilines is 1. The number of benzene rings is 1. The smallest absolute Gasteiger partial charge is 0.246 e. The summed E-state index contributed by atoms with van der Waals surface area (Å²) in [6.45, 7) is 2.99. The van der Waals surface area contributed by atoms with Gasteiger partial charge in [0.25, 0.3) is 0 Å². The zero-order valence-corrected chi connectivity index (χ0v) is 16.1. The summed E-state index contributed by atoms with van der Waals surface area (Å²) >= 11 is 1.47. The lowest BCUT2D eigenvalue weighted by Crippen LogP contribution is -2.48. The largest absolute Gasteiger partial charge is 0.368 e. The van der Waals surface area contributed by atoms with Gasteiger partial charge >= 0.3 is 0 Å². The molecule has 1 aliphatic rings. The number of carbonyl (C=O) groups excluding carboxylic acids is 1. The van der Waals surface area contributed by atoms with E-state index in [1.54, 1.807) is 30.6 Å². The molecule has 4 rings (SSSR count). The summed E-state index contributed by atoms with van der Waals surface area (Å²) in [5, 5.41) is 0. The van der Waals surface area contributed by atoms with Crippen LogP contribution in [0.3, 0.4) is 0 Å². The Balaban J connectivity index is 1.36.